The molecule has 2 rings (SSSR count). The van der Waals surface area contributed by atoms with Crippen molar-refractivity contribution in [2.24, 2.45) is 10.4 Å². The van der Waals surface area contributed by atoms with Crippen molar-refractivity contribution in [2.75, 3.05) is 20.2 Å². The third-order valence-corrected chi connectivity index (χ3v) is 4.02. The lowest BCUT2D eigenvalue weighted by Gasteiger charge is -2.30. The van der Waals surface area contributed by atoms with Gasteiger partial charge < -0.3 is 19.8 Å². The zero-order valence-corrected chi connectivity index (χ0v) is 19.1. The van der Waals surface area contributed by atoms with Gasteiger partial charge in [-0.05, 0) is 24.5 Å². The van der Waals surface area contributed by atoms with Gasteiger partial charge in [0.25, 0.3) is 0 Å². The minimum atomic E-state index is 0. The van der Waals surface area contributed by atoms with E-state index in [2.05, 4.69) is 41.4 Å². The molecule has 0 saturated heterocycles. The van der Waals surface area contributed by atoms with Gasteiger partial charge >= 0.3 is 0 Å². The normalized spacial score (nSPS) is 13.0. The Balaban J connectivity index is 0.00000364. The summed E-state index contributed by atoms with van der Waals surface area (Å²) in [5.41, 5.74) is 1.80. The Morgan fingerprint density at radius 3 is 2.52 bits per heavy atom. The van der Waals surface area contributed by atoms with Crippen LogP contribution in [0.25, 0.3) is 11.5 Å². The number of nitrogens with zero attached hydrogens (tertiary/aromatic N) is 2. The van der Waals surface area contributed by atoms with Gasteiger partial charge in [-0.1, -0.05) is 39.0 Å². The molecule has 1 unspecified atom stereocenters. The zero-order chi connectivity index (χ0) is 19.0. The van der Waals surface area contributed by atoms with Crippen LogP contribution in [0.3, 0.4) is 0 Å². The third kappa shape index (κ3) is 7.50. The Morgan fingerprint density at radius 2 is 1.93 bits per heavy atom. The van der Waals surface area contributed by atoms with E-state index in [4.69, 9.17) is 9.15 Å². The standard InChI is InChI=1S/C20H30N4O2.HI/c1-6-21-19(23-13-17(25-5)20(2,3)4)22-12-16-14-26-18(24-16)15-10-8-7-9-11-15;/h7-11,14,17H,6,12-13H2,1-5H3,(H2,21,22,23);1H. The number of ether oxygens (including phenoxy) is 1. The molecule has 0 radical (unpaired) electrons. The minimum Gasteiger partial charge on any atom is -0.444 e. The quantitative estimate of drug-likeness (QED) is 0.351. The van der Waals surface area contributed by atoms with Crippen molar-refractivity contribution in [2.45, 2.75) is 40.3 Å². The molecule has 0 fully saturated rings. The van der Waals surface area contributed by atoms with Crippen LogP contribution in [0.15, 0.2) is 46.0 Å². The minimum absolute atomic E-state index is 0. The molecule has 150 valence electrons. The van der Waals surface area contributed by atoms with E-state index in [1.165, 1.54) is 0 Å². The summed E-state index contributed by atoms with van der Waals surface area (Å²) < 4.78 is 11.1. The van der Waals surface area contributed by atoms with Gasteiger partial charge in [0.15, 0.2) is 5.96 Å². The average molecular weight is 486 g/mol. The molecule has 0 aliphatic rings. The van der Waals surface area contributed by atoms with E-state index in [1.807, 2.05) is 37.3 Å². The molecule has 7 heteroatoms. The lowest BCUT2D eigenvalue weighted by Crippen LogP contribution is -2.45. The fourth-order valence-electron chi connectivity index (χ4n) is 2.53. The highest BCUT2D eigenvalue weighted by molar-refractivity contribution is 14.0. The molecule has 1 aromatic heterocycles. The average Bonchev–Trinajstić information content (AvgIpc) is 3.08. The van der Waals surface area contributed by atoms with E-state index < -0.39 is 0 Å². The number of hydrogen-bond acceptors (Lipinski definition) is 4. The largest absolute Gasteiger partial charge is 0.444 e. The SMILES string of the molecule is CCNC(=NCc1coc(-c2ccccc2)n1)NCC(OC)C(C)(C)C.I. The monoisotopic (exact) mass is 486 g/mol. The molecule has 6 nitrogen and oxygen atoms in total. The highest BCUT2D eigenvalue weighted by Crippen LogP contribution is 2.21. The fourth-order valence-corrected chi connectivity index (χ4v) is 2.53. The van der Waals surface area contributed by atoms with Crippen LogP contribution in [0.5, 0.6) is 0 Å². The van der Waals surface area contributed by atoms with Gasteiger partial charge in [0.05, 0.1) is 12.6 Å². The predicted octanol–water partition coefficient (Wildman–Crippen LogP) is 4.08. The maximum absolute atomic E-state index is 5.59. The topological polar surface area (TPSA) is 71.7 Å². The highest BCUT2D eigenvalue weighted by Gasteiger charge is 2.24. The van der Waals surface area contributed by atoms with Crippen LogP contribution in [0.1, 0.15) is 33.4 Å². The smallest absolute Gasteiger partial charge is 0.226 e. The zero-order valence-electron chi connectivity index (χ0n) is 16.8. The molecule has 0 aliphatic carbocycles. The molecule has 1 atom stereocenters. The van der Waals surface area contributed by atoms with Crippen molar-refractivity contribution in [1.82, 2.24) is 15.6 Å². The third-order valence-electron chi connectivity index (χ3n) is 4.02. The van der Waals surface area contributed by atoms with Gasteiger partial charge in [0.1, 0.15) is 12.0 Å². The number of methoxy groups -OCH3 is 1. The second-order valence-corrected chi connectivity index (χ2v) is 7.18. The van der Waals surface area contributed by atoms with Crippen LogP contribution >= 0.6 is 24.0 Å². The van der Waals surface area contributed by atoms with Crippen LogP contribution in [0, 0.1) is 5.41 Å². The number of benzene rings is 1. The van der Waals surface area contributed by atoms with Gasteiger partial charge in [-0.25, -0.2) is 9.98 Å². The molecule has 0 aliphatic heterocycles. The van der Waals surface area contributed by atoms with Crippen LogP contribution in [0.4, 0.5) is 0 Å². The Bertz CT molecular complexity index is 696. The molecule has 27 heavy (non-hydrogen) atoms. The van der Waals surface area contributed by atoms with E-state index >= 15 is 0 Å². The molecular formula is C20H31IN4O2. The maximum Gasteiger partial charge on any atom is 0.226 e. The summed E-state index contributed by atoms with van der Waals surface area (Å²) in [6.07, 6.45) is 1.74. The summed E-state index contributed by atoms with van der Waals surface area (Å²) in [5, 5.41) is 6.59. The maximum atomic E-state index is 5.59. The van der Waals surface area contributed by atoms with Crippen LogP contribution in [-0.4, -0.2) is 37.2 Å². The first-order valence-corrected chi connectivity index (χ1v) is 8.98. The molecular weight excluding hydrogens is 455 g/mol. The number of guanidine groups is 1. The molecule has 2 aromatic rings. The van der Waals surface area contributed by atoms with Crippen molar-refractivity contribution < 1.29 is 9.15 Å². The summed E-state index contributed by atoms with van der Waals surface area (Å²) >= 11 is 0. The van der Waals surface area contributed by atoms with Gasteiger partial charge in [0.2, 0.25) is 5.89 Å². The summed E-state index contributed by atoms with van der Waals surface area (Å²) in [6, 6.07) is 9.85. The number of aliphatic imine (C=N–C) groups is 1. The van der Waals surface area contributed by atoms with Crippen molar-refractivity contribution >= 4 is 29.9 Å². The Hall–Kier alpha value is -1.61. The second-order valence-electron chi connectivity index (χ2n) is 7.18. The first kappa shape index (κ1) is 23.4. The van der Waals surface area contributed by atoms with E-state index in [-0.39, 0.29) is 35.5 Å². The van der Waals surface area contributed by atoms with Crippen molar-refractivity contribution in [3.05, 3.63) is 42.3 Å². The van der Waals surface area contributed by atoms with Gasteiger partial charge in [0, 0.05) is 25.8 Å². The fraction of sp³-hybridized carbons (Fsp3) is 0.500. The molecule has 0 amide bonds. The second kappa shape index (κ2) is 11.3. The number of rotatable bonds is 7. The van der Waals surface area contributed by atoms with Crippen LogP contribution in [0.2, 0.25) is 0 Å². The Labute approximate surface area is 179 Å². The number of nitrogens with one attached hydrogen (secondary N) is 2. The first-order valence-electron chi connectivity index (χ1n) is 8.98. The van der Waals surface area contributed by atoms with E-state index in [1.54, 1.807) is 13.4 Å². The summed E-state index contributed by atoms with van der Waals surface area (Å²) in [5.74, 6) is 1.35. The predicted molar refractivity (Wildman–Crippen MR) is 120 cm³/mol. The van der Waals surface area contributed by atoms with Crippen LogP contribution < -0.4 is 10.6 Å². The molecule has 0 spiro atoms. The summed E-state index contributed by atoms with van der Waals surface area (Å²) in [6.45, 7) is 10.4. The number of halogens is 1. The summed E-state index contributed by atoms with van der Waals surface area (Å²) in [7, 11) is 1.74. The van der Waals surface area contributed by atoms with Crippen molar-refractivity contribution in [3.63, 3.8) is 0 Å². The highest BCUT2D eigenvalue weighted by atomic mass is 127. The Morgan fingerprint density at radius 1 is 1.22 bits per heavy atom. The summed E-state index contributed by atoms with van der Waals surface area (Å²) in [4.78, 5) is 9.10. The lowest BCUT2D eigenvalue weighted by atomic mass is 9.89. The molecule has 0 bridgehead atoms. The molecule has 1 aromatic carbocycles. The van der Waals surface area contributed by atoms with E-state index in [0.717, 1.165) is 23.8 Å². The van der Waals surface area contributed by atoms with Gasteiger partial charge in [-0.15, -0.1) is 24.0 Å². The van der Waals surface area contributed by atoms with Gasteiger partial charge in [-0.3, -0.25) is 0 Å². The first-order chi connectivity index (χ1) is 12.4. The number of oxazole rings is 1. The molecule has 2 N–H and O–H groups in total. The molecule has 1 heterocycles. The van der Waals surface area contributed by atoms with Crippen LogP contribution in [-0.2, 0) is 11.3 Å². The molecule has 0 saturated carbocycles. The lowest BCUT2D eigenvalue weighted by molar-refractivity contribution is 0.0205. The van der Waals surface area contributed by atoms with E-state index in [0.29, 0.717) is 19.0 Å². The van der Waals surface area contributed by atoms with E-state index in [9.17, 15) is 0 Å². The van der Waals surface area contributed by atoms with Crippen molar-refractivity contribution in [1.29, 1.82) is 0 Å². The number of aromatic nitrogens is 1. The Kier molecular flexibility index (Phi) is 9.79. The van der Waals surface area contributed by atoms with Gasteiger partial charge in [-0.2, -0.15) is 0 Å². The number of hydrogen-bond donors (Lipinski definition) is 2. The van der Waals surface area contributed by atoms with Crippen molar-refractivity contribution in [3.8, 4) is 11.5 Å².